The average Bonchev–Trinajstić information content (AvgIpc) is 2.84. The first kappa shape index (κ1) is 7.66. The van der Waals surface area contributed by atoms with E-state index in [1.54, 1.807) is 0 Å². The smallest absolute Gasteiger partial charge is 0.0349 e. The van der Waals surface area contributed by atoms with Gasteiger partial charge in [0.05, 0.1) is 0 Å². The first-order chi connectivity index (χ1) is 5.83. The Bertz CT molecular complexity index is 280. The van der Waals surface area contributed by atoms with Gasteiger partial charge in [0.25, 0.3) is 0 Å². The lowest BCUT2D eigenvalue weighted by molar-refractivity contribution is 0.767. The van der Waals surface area contributed by atoms with Gasteiger partial charge in [-0.05, 0) is 29.9 Å². The van der Waals surface area contributed by atoms with Crippen LogP contribution in [0.25, 0.3) is 0 Å². The summed E-state index contributed by atoms with van der Waals surface area (Å²) in [6.07, 6.45) is 2.63. The fraction of sp³-hybridized carbons (Fsp3) is 0.455. The van der Waals surface area contributed by atoms with Crippen LogP contribution in [-0.2, 0) is 0 Å². The van der Waals surface area contributed by atoms with Crippen molar-refractivity contribution < 1.29 is 0 Å². The van der Waals surface area contributed by atoms with Crippen LogP contribution in [0.15, 0.2) is 24.3 Å². The van der Waals surface area contributed by atoms with Gasteiger partial charge in [-0.3, -0.25) is 0 Å². The summed E-state index contributed by atoms with van der Waals surface area (Å²) in [5.41, 5.74) is 8.21. The second kappa shape index (κ2) is 2.81. The van der Waals surface area contributed by atoms with Crippen LogP contribution in [0.3, 0.4) is 0 Å². The summed E-state index contributed by atoms with van der Waals surface area (Å²) in [4.78, 5) is 0. The highest BCUT2D eigenvalue weighted by atomic mass is 14.6. The van der Waals surface area contributed by atoms with Gasteiger partial charge in [-0.1, -0.05) is 31.5 Å². The number of rotatable bonds is 2. The van der Waals surface area contributed by atoms with Crippen LogP contribution in [0.4, 0.5) is 5.69 Å². The normalized spacial score (nSPS) is 27.1. The minimum absolute atomic E-state index is 0.760. The molecule has 1 aromatic carbocycles. The Labute approximate surface area is 73.6 Å². The minimum Gasteiger partial charge on any atom is -0.398 e. The highest BCUT2D eigenvalue weighted by molar-refractivity contribution is 5.50. The number of benzene rings is 1. The molecule has 0 spiro atoms. The van der Waals surface area contributed by atoms with Gasteiger partial charge in [-0.15, -0.1) is 0 Å². The van der Waals surface area contributed by atoms with Crippen molar-refractivity contribution in [3.05, 3.63) is 29.8 Å². The molecular formula is C11H15N. The van der Waals surface area contributed by atoms with Crippen molar-refractivity contribution in [2.45, 2.75) is 25.7 Å². The molecule has 0 bridgehead atoms. The molecule has 12 heavy (non-hydrogen) atoms. The van der Waals surface area contributed by atoms with E-state index in [4.69, 9.17) is 5.73 Å². The summed E-state index contributed by atoms with van der Waals surface area (Å²) in [6.45, 7) is 2.25. The monoisotopic (exact) mass is 161 g/mol. The van der Waals surface area contributed by atoms with Crippen molar-refractivity contribution in [1.29, 1.82) is 0 Å². The summed E-state index contributed by atoms with van der Waals surface area (Å²) in [5.74, 6) is 1.66. The first-order valence-corrected chi connectivity index (χ1v) is 4.67. The van der Waals surface area contributed by atoms with E-state index in [1.165, 1.54) is 18.4 Å². The van der Waals surface area contributed by atoms with Crippen LogP contribution in [0.5, 0.6) is 0 Å². The predicted molar refractivity (Wildman–Crippen MR) is 52.0 cm³/mol. The van der Waals surface area contributed by atoms with E-state index in [0.29, 0.717) is 0 Å². The zero-order chi connectivity index (χ0) is 8.55. The minimum atomic E-state index is 0.760. The summed E-state index contributed by atoms with van der Waals surface area (Å²) >= 11 is 0. The second-order valence-electron chi connectivity index (χ2n) is 3.64. The lowest BCUT2D eigenvalue weighted by Gasteiger charge is -2.02. The molecule has 0 radical (unpaired) electrons. The Morgan fingerprint density at radius 3 is 2.75 bits per heavy atom. The molecule has 0 amide bonds. The van der Waals surface area contributed by atoms with Gasteiger partial charge in [0.1, 0.15) is 0 Å². The molecule has 0 aromatic heterocycles. The molecule has 2 unspecified atom stereocenters. The number of hydrogen-bond acceptors (Lipinski definition) is 1. The van der Waals surface area contributed by atoms with Gasteiger partial charge in [0, 0.05) is 5.69 Å². The molecule has 2 rings (SSSR count). The molecule has 1 nitrogen and oxygen atoms in total. The van der Waals surface area contributed by atoms with Crippen molar-refractivity contribution in [2.24, 2.45) is 5.92 Å². The van der Waals surface area contributed by atoms with Crippen molar-refractivity contribution >= 4 is 5.69 Å². The largest absolute Gasteiger partial charge is 0.398 e. The van der Waals surface area contributed by atoms with Gasteiger partial charge < -0.3 is 5.73 Å². The maximum absolute atomic E-state index is 5.88. The highest BCUT2D eigenvalue weighted by Crippen LogP contribution is 2.50. The van der Waals surface area contributed by atoms with Crippen molar-refractivity contribution in [1.82, 2.24) is 0 Å². The highest BCUT2D eigenvalue weighted by Gasteiger charge is 2.37. The summed E-state index contributed by atoms with van der Waals surface area (Å²) in [5, 5.41) is 0. The standard InChI is InChI=1S/C11H15N/c1-2-8-7-10(8)9-5-3-4-6-11(9)12/h3-6,8,10H,2,7,12H2,1H3. The second-order valence-corrected chi connectivity index (χ2v) is 3.64. The zero-order valence-corrected chi connectivity index (χ0v) is 7.46. The van der Waals surface area contributed by atoms with E-state index >= 15 is 0 Å². The fourth-order valence-corrected chi connectivity index (χ4v) is 1.93. The number of nitrogens with two attached hydrogens (primary N) is 1. The molecule has 1 aliphatic carbocycles. The number of anilines is 1. The van der Waals surface area contributed by atoms with Crippen LogP contribution in [0.2, 0.25) is 0 Å². The molecule has 0 saturated heterocycles. The number of nitrogen functional groups attached to an aromatic ring is 1. The number of hydrogen-bond donors (Lipinski definition) is 1. The van der Waals surface area contributed by atoms with Crippen molar-refractivity contribution in [3.8, 4) is 0 Å². The molecule has 0 heterocycles. The van der Waals surface area contributed by atoms with Crippen LogP contribution in [0.1, 0.15) is 31.2 Å². The predicted octanol–water partition coefficient (Wildman–Crippen LogP) is 2.78. The molecule has 1 aliphatic rings. The van der Waals surface area contributed by atoms with Gasteiger partial charge in [-0.25, -0.2) is 0 Å². The van der Waals surface area contributed by atoms with Crippen LogP contribution in [0, 0.1) is 5.92 Å². The Morgan fingerprint density at radius 1 is 1.42 bits per heavy atom. The fourth-order valence-electron chi connectivity index (χ4n) is 1.93. The third-order valence-corrected chi connectivity index (χ3v) is 2.84. The maximum Gasteiger partial charge on any atom is 0.0349 e. The van der Waals surface area contributed by atoms with E-state index in [2.05, 4.69) is 19.1 Å². The van der Waals surface area contributed by atoms with E-state index < -0.39 is 0 Å². The zero-order valence-electron chi connectivity index (χ0n) is 7.46. The van der Waals surface area contributed by atoms with Gasteiger partial charge in [-0.2, -0.15) is 0 Å². The molecular weight excluding hydrogens is 146 g/mol. The molecule has 2 N–H and O–H groups in total. The maximum atomic E-state index is 5.88. The molecule has 1 heteroatoms. The summed E-state index contributed by atoms with van der Waals surface area (Å²) in [7, 11) is 0. The van der Waals surface area contributed by atoms with Gasteiger partial charge in [0.15, 0.2) is 0 Å². The topological polar surface area (TPSA) is 26.0 Å². The Hall–Kier alpha value is -0.980. The van der Waals surface area contributed by atoms with Gasteiger partial charge in [0.2, 0.25) is 0 Å². The van der Waals surface area contributed by atoms with Gasteiger partial charge >= 0.3 is 0 Å². The Morgan fingerprint density at radius 2 is 2.17 bits per heavy atom. The molecule has 0 aliphatic heterocycles. The van der Waals surface area contributed by atoms with Crippen LogP contribution in [-0.4, -0.2) is 0 Å². The Kier molecular flexibility index (Phi) is 1.80. The molecule has 1 fully saturated rings. The van der Waals surface area contributed by atoms with E-state index in [1.807, 2.05) is 12.1 Å². The quantitative estimate of drug-likeness (QED) is 0.663. The van der Waals surface area contributed by atoms with Crippen molar-refractivity contribution in [3.63, 3.8) is 0 Å². The lowest BCUT2D eigenvalue weighted by atomic mass is 10.1. The molecule has 1 aromatic rings. The van der Waals surface area contributed by atoms with Crippen LogP contribution < -0.4 is 5.73 Å². The Balaban J connectivity index is 2.19. The SMILES string of the molecule is CCC1CC1c1ccccc1N. The lowest BCUT2D eigenvalue weighted by Crippen LogP contribution is -1.92. The first-order valence-electron chi connectivity index (χ1n) is 4.67. The van der Waals surface area contributed by atoms with E-state index in [9.17, 15) is 0 Å². The molecule has 2 atom stereocenters. The van der Waals surface area contributed by atoms with Crippen molar-refractivity contribution in [2.75, 3.05) is 5.73 Å². The third kappa shape index (κ3) is 1.20. The van der Waals surface area contributed by atoms with E-state index in [-0.39, 0.29) is 0 Å². The molecule has 64 valence electrons. The average molecular weight is 161 g/mol. The summed E-state index contributed by atoms with van der Waals surface area (Å²) < 4.78 is 0. The summed E-state index contributed by atoms with van der Waals surface area (Å²) in [6, 6.07) is 8.24. The molecule has 1 saturated carbocycles. The van der Waals surface area contributed by atoms with Crippen LogP contribution >= 0.6 is 0 Å². The van der Waals surface area contributed by atoms with E-state index in [0.717, 1.165) is 17.5 Å². The number of para-hydroxylation sites is 1. The third-order valence-electron chi connectivity index (χ3n) is 2.84.